The molecule has 0 bridgehead atoms. The summed E-state index contributed by atoms with van der Waals surface area (Å²) in [7, 11) is 0. The van der Waals surface area contributed by atoms with Crippen molar-refractivity contribution in [2.75, 3.05) is 13.1 Å². The van der Waals surface area contributed by atoms with E-state index in [-0.39, 0.29) is 28.3 Å². The average molecular weight is 374 g/mol. The van der Waals surface area contributed by atoms with E-state index in [1.807, 2.05) is 20.8 Å². The Balaban J connectivity index is 1.88. The van der Waals surface area contributed by atoms with Crippen LogP contribution in [0.15, 0.2) is 12.1 Å². The molecule has 6 nitrogen and oxygen atoms in total. The lowest BCUT2D eigenvalue weighted by Crippen LogP contribution is -2.42. The van der Waals surface area contributed by atoms with Gasteiger partial charge in [0.25, 0.3) is 5.91 Å². The molecular formula is C16H21Cl2N3O3. The number of aromatic nitrogens is 1. The van der Waals surface area contributed by atoms with Crippen LogP contribution in [0.1, 0.15) is 44.0 Å². The van der Waals surface area contributed by atoms with Gasteiger partial charge in [0, 0.05) is 24.7 Å². The van der Waals surface area contributed by atoms with Gasteiger partial charge in [-0.1, -0.05) is 23.2 Å². The molecule has 0 radical (unpaired) electrons. The first kappa shape index (κ1) is 18.8. The van der Waals surface area contributed by atoms with Crippen molar-refractivity contribution in [3.63, 3.8) is 0 Å². The molecule has 0 unspecified atom stereocenters. The van der Waals surface area contributed by atoms with Crippen LogP contribution in [0.25, 0.3) is 0 Å². The van der Waals surface area contributed by atoms with E-state index in [4.69, 9.17) is 27.9 Å². The van der Waals surface area contributed by atoms with E-state index < -0.39 is 5.60 Å². The fourth-order valence-electron chi connectivity index (χ4n) is 2.12. The molecule has 1 aliphatic rings. The van der Waals surface area contributed by atoms with E-state index in [0.717, 1.165) is 12.8 Å². The van der Waals surface area contributed by atoms with E-state index >= 15 is 0 Å². The highest BCUT2D eigenvalue weighted by atomic mass is 35.5. The molecule has 0 aromatic carbocycles. The second kappa shape index (κ2) is 7.57. The number of rotatable bonds is 5. The van der Waals surface area contributed by atoms with Crippen LogP contribution in [0.4, 0.5) is 4.79 Å². The number of halogens is 2. The van der Waals surface area contributed by atoms with Gasteiger partial charge in [0.05, 0.1) is 0 Å². The lowest BCUT2D eigenvalue weighted by Gasteiger charge is -2.27. The van der Waals surface area contributed by atoms with Crippen LogP contribution in [-0.2, 0) is 4.74 Å². The number of amides is 2. The van der Waals surface area contributed by atoms with Gasteiger partial charge in [-0.3, -0.25) is 4.79 Å². The van der Waals surface area contributed by atoms with E-state index in [9.17, 15) is 9.59 Å². The van der Waals surface area contributed by atoms with Crippen molar-refractivity contribution >= 4 is 35.2 Å². The van der Waals surface area contributed by atoms with Gasteiger partial charge in [0.1, 0.15) is 15.9 Å². The number of nitrogens with zero attached hydrogens (tertiary/aromatic N) is 2. The van der Waals surface area contributed by atoms with E-state index in [1.54, 1.807) is 4.90 Å². The molecule has 2 amide bonds. The number of pyridine rings is 1. The molecule has 8 heteroatoms. The maximum Gasteiger partial charge on any atom is 0.410 e. The third-order valence-electron chi connectivity index (χ3n) is 3.28. The minimum absolute atomic E-state index is 0.154. The van der Waals surface area contributed by atoms with Gasteiger partial charge in [-0.2, -0.15) is 0 Å². The van der Waals surface area contributed by atoms with Gasteiger partial charge in [-0.25, -0.2) is 9.78 Å². The maximum atomic E-state index is 12.2. The molecule has 1 aromatic rings. The zero-order valence-electron chi connectivity index (χ0n) is 13.9. The van der Waals surface area contributed by atoms with Gasteiger partial charge >= 0.3 is 6.09 Å². The smallest absolute Gasteiger partial charge is 0.410 e. The number of carbonyl (C=O) groups is 2. The Morgan fingerprint density at radius 1 is 1.29 bits per heavy atom. The van der Waals surface area contributed by atoms with E-state index in [0.29, 0.717) is 18.7 Å². The predicted octanol–water partition coefficient (Wildman–Crippen LogP) is 3.52. The summed E-state index contributed by atoms with van der Waals surface area (Å²) in [5.41, 5.74) is -0.215. The Bertz CT molecular complexity index is 607. The molecule has 1 saturated carbocycles. The minimum Gasteiger partial charge on any atom is -0.444 e. The van der Waals surface area contributed by atoms with Crippen molar-refractivity contribution in [1.82, 2.24) is 15.2 Å². The van der Waals surface area contributed by atoms with Crippen LogP contribution in [0.5, 0.6) is 0 Å². The van der Waals surface area contributed by atoms with Crippen LogP contribution in [0, 0.1) is 0 Å². The lowest BCUT2D eigenvalue weighted by molar-refractivity contribution is 0.0234. The summed E-state index contributed by atoms with van der Waals surface area (Å²) >= 11 is 11.6. The Kier molecular flexibility index (Phi) is 5.93. The first-order valence-electron chi connectivity index (χ1n) is 7.76. The van der Waals surface area contributed by atoms with Gasteiger partial charge in [0.2, 0.25) is 0 Å². The largest absolute Gasteiger partial charge is 0.444 e. The predicted molar refractivity (Wildman–Crippen MR) is 92.6 cm³/mol. The molecule has 1 aliphatic carbocycles. The topological polar surface area (TPSA) is 71.5 Å². The van der Waals surface area contributed by atoms with Gasteiger partial charge < -0.3 is 15.0 Å². The molecular weight excluding hydrogens is 353 g/mol. The number of hydrogen-bond donors (Lipinski definition) is 1. The van der Waals surface area contributed by atoms with Gasteiger partial charge in [0.15, 0.2) is 0 Å². The van der Waals surface area contributed by atoms with Crippen molar-refractivity contribution in [2.45, 2.75) is 45.3 Å². The Morgan fingerprint density at radius 2 is 1.88 bits per heavy atom. The summed E-state index contributed by atoms with van der Waals surface area (Å²) in [5.74, 6) is -0.318. The molecule has 132 valence electrons. The molecule has 1 N–H and O–H groups in total. The average Bonchev–Trinajstić information content (AvgIpc) is 3.24. The summed E-state index contributed by atoms with van der Waals surface area (Å²) in [6, 6.07) is 3.08. The highest BCUT2D eigenvalue weighted by Crippen LogP contribution is 2.28. The molecule has 24 heavy (non-hydrogen) atoms. The normalized spacial score (nSPS) is 14.2. The summed E-state index contributed by atoms with van der Waals surface area (Å²) in [6.07, 6.45) is 1.57. The van der Waals surface area contributed by atoms with Crippen molar-refractivity contribution in [2.24, 2.45) is 0 Å². The van der Waals surface area contributed by atoms with Crippen LogP contribution >= 0.6 is 23.2 Å². The standard InChI is InChI=1S/C16H21Cl2N3O3/c1-16(2,3)24-15(23)21(11-4-5-11)7-6-19-14(22)10-8-12(17)20-13(18)9-10/h8-9,11H,4-7H2,1-3H3,(H,19,22). The molecule has 0 atom stereocenters. The second-order valence-corrected chi connectivity index (χ2v) is 7.44. The zero-order chi connectivity index (χ0) is 17.9. The molecule has 1 heterocycles. The number of nitrogens with one attached hydrogen (secondary N) is 1. The maximum absolute atomic E-state index is 12.2. The number of ether oxygens (including phenoxy) is 1. The van der Waals surface area contributed by atoms with Crippen molar-refractivity contribution in [3.05, 3.63) is 28.0 Å². The Hall–Kier alpha value is -1.53. The van der Waals surface area contributed by atoms with Crippen molar-refractivity contribution in [3.8, 4) is 0 Å². The van der Waals surface area contributed by atoms with E-state index in [2.05, 4.69) is 10.3 Å². The highest BCUT2D eigenvalue weighted by molar-refractivity contribution is 6.33. The highest BCUT2D eigenvalue weighted by Gasteiger charge is 2.34. The first-order valence-corrected chi connectivity index (χ1v) is 8.52. The van der Waals surface area contributed by atoms with E-state index in [1.165, 1.54) is 12.1 Å². The second-order valence-electron chi connectivity index (χ2n) is 6.66. The summed E-state index contributed by atoms with van der Waals surface area (Å²) in [6.45, 7) is 6.18. The van der Waals surface area contributed by atoms with Gasteiger partial charge in [-0.15, -0.1) is 0 Å². The number of carbonyl (C=O) groups excluding carboxylic acids is 2. The third kappa shape index (κ3) is 5.83. The van der Waals surface area contributed by atoms with Crippen LogP contribution in [0.2, 0.25) is 10.3 Å². The third-order valence-corrected chi connectivity index (χ3v) is 3.67. The molecule has 1 aromatic heterocycles. The summed E-state index contributed by atoms with van der Waals surface area (Å²) < 4.78 is 5.41. The quantitative estimate of drug-likeness (QED) is 0.801. The van der Waals surface area contributed by atoms with Crippen molar-refractivity contribution in [1.29, 1.82) is 0 Å². The van der Waals surface area contributed by atoms with Crippen LogP contribution in [-0.4, -0.2) is 46.6 Å². The number of hydrogen-bond acceptors (Lipinski definition) is 4. The zero-order valence-corrected chi connectivity index (χ0v) is 15.4. The molecule has 0 spiro atoms. The van der Waals surface area contributed by atoms with Crippen LogP contribution in [0.3, 0.4) is 0 Å². The fraction of sp³-hybridized carbons (Fsp3) is 0.562. The molecule has 0 aliphatic heterocycles. The van der Waals surface area contributed by atoms with Crippen LogP contribution < -0.4 is 5.32 Å². The summed E-state index contributed by atoms with van der Waals surface area (Å²) in [5, 5.41) is 3.06. The molecule has 1 fully saturated rings. The fourth-order valence-corrected chi connectivity index (χ4v) is 2.58. The molecule has 2 rings (SSSR count). The summed E-state index contributed by atoms with van der Waals surface area (Å²) in [4.78, 5) is 29.8. The van der Waals surface area contributed by atoms with Crippen molar-refractivity contribution < 1.29 is 14.3 Å². The Labute approximate surface area is 151 Å². The Morgan fingerprint density at radius 3 is 2.38 bits per heavy atom. The molecule has 0 saturated heterocycles. The van der Waals surface area contributed by atoms with Gasteiger partial charge in [-0.05, 0) is 45.7 Å². The first-order chi connectivity index (χ1) is 11.2. The SMILES string of the molecule is CC(C)(C)OC(=O)N(CCNC(=O)c1cc(Cl)nc(Cl)c1)C1CC1. The lowest BCUT2D eigenvalue weighted by atomic mass is 10.2. The minimum atomic E-state index is -0.544. The monoisotopic (exact) mass is 373 g/mol.